The summed E-state index contributed by atoms with van der Waals surface area (Å²) in [5, 5.41) is 14.4. The number of unbranched alkanes of at least 4 members (excludes halogenated alkanes) is 1. The van der Waals surface area contributed by atoms with Crippen LogP contribution in [0.25, 0.3) is 0 Å². The summed E-state index contributed by atoms with van der Waals surface area (Å²) in [4.78, 5) is 15.9. The number of amides is 1. The molecule has 4 nitrogen and oxygen atoms in total. The minimum absolute atomic E-state index is 0.00458. The van der Waals surface area contributed by atoms with Gasteiger partial charge in [0.05, 0.1) is 11.8 Å². The van der Waals surface area contributed by atoms with Gasteiger partial charge < -0.3 is 10.4 Å². The second-order valence-corrected chi connectivity index (χ2v) is 5.14. The summed E-state index contributed by atoms with van der Waals surface area (Å²) in [6, 6.07) is 0. The Kier molecular flexibility index (Phi) is 5.58. The van der Waals surface area contributed by atoms with Crippen molar-refractivity contribution in [2.45, 2.75) is 46.1 Å². The van der Waals surface area contributed by atoms with Crippen LogP contribution in [0.3, 0.4) is 0 Å². The molecule has 2 N–H and O–H groups in total. The lowest BCUT2D eigenvalue weighted by Crippen LogP contribution is -2.20. The van der Waals surface area contributed by atoms with E-state index in [-0.39, 0.29) is 11.8 Å². The first-order chi connectivity index (χ1) is 8.04. The highest BCUT2D eigenvalue weighted by molar-refractivity contribution is 7.13. The van der Waals surface area contributed by atoms with E-state index in [9.17, 15) is 9.90 Å². The van der Waals surface area contributed by atoms with Crippen molar-refractivity contribution in [1.29, 1.82) is 0 Å². The maximum atomic E-state index is 11.8. The lowest BCUT2D eigenvalue weighted by molar-refractivity contribution is -0.119. The first-order valence-electron chi connectivity index (χ1n) is 5.99. The van der Waals surface area contributed by atoms with Crippen molar-refractivity contribution >= 4 is 22.4 Å². The zero-order valence-corrected chi connectivity index (χ0v) is 11.4. The molecule has 1 rings (SSSR count). The quantitative estimate of drug-likeness (QED) is 0.822. The molecule has 1 amide bonds. The normalized spacial score (nSPS) is 14.4. The first kappa shape index (κ1) is 14.1. The average Bonchev–Trinajstić information content (AvgIpc) is 2.74. The molecule has 1 heterocycles. The molecule has 5 heteroatoms. The first-order valence-corrected chi connectivity index (χ1v) is 6.87. The summed E-state index contributed by atoms with van der Waals surface area (Å²) in [6.45, 7) is 5.69. The fourth-order valence-corrected chi connectivity index (χ4v) is 2.21. The van der Waals surface area contributed by atoms with Gasteiger partial charge in [0.15, 0.2) is 5.13 Å². The Morgan fingerprint density at radius 3 is 2.82 bits per heavy atom. The Balaban J connectivity index is 2.49. The smallest absolute Gasteiger partial charge is 0.228 e. The summed E-state index contributed by atoms with van der Waals surface area (Å²) < 4.78 is 0. The van der Waals surface area contributed by atoms with E-state index in [1.807, 2.05) is 6.92 Å². The predicted molar refractivity (Wildman–Crippen MR) is 70.1 cm³/mol. The van der Waals surface area contributed by atoms with E-state index >= 15 is 0 Å². The molecule has 0 saturated carbocycles. The van der Waals surface area contributed by atoms with Gasteiger partial charge in [-0.2, -0.15) is 0 Å². The van der Waals surface area contributed by atoms with Gasteiger partial charge in [0, 0.05) is 11.3 Å². The Hall–Kier alpha value is -0.940. The summed E-state index contributed by atoms with van der Waals surface area (Å²) in [5.74, 6) is 0.0128. The average molecular weight is 256 g/mol. The topological polar surface area (TPSA) is 62.2 Å². The molecule has 0 spiro atoms. The molecule has 96 valence electrons. The molecule has 17 heavy (non-hydrogen) atoms. The molecule has 0 saturated heterocycles. The predicted octanol–water partition coefficient (Wildman–Crippen LogP) is 2.96. The zero-order valence-electron chi connectivity index (χ0n) is 10.6. The molecule has 0 aliphatic rings. The molecule has 1 aromatic heterocycles. The van der Waals surface area contributed by atoms with Crippen molar-refractivity contribution in [3.05, 3.63) is 11.1 Å². The van der Waals surface area contributed by atoms with Gasteiger partial charge in [0.1, 0.15) is 0 Å². The second-order valence-electron chi connectivity index (χ2n) is 4.29. The number of anilines is 1. The number of rotatable bonds is 6. The van der Waals surface area contributed by atoms with Gasteiger partial charge in [-0.05, 0) is 13.3 Å². The summed E-state index contributed by atoms with van der Waals surface area (Å²) in [5.41, 5.74) is 0.603. The van der Waals surface area contributed by atoms with Crippen LogP contribution in [0.1, 0.15) is 51.8 Å². The minimum Gasteiger partial charge on any atom is -0.387 e. The van der Waals surface area contributed by atoms with Crippen LogP contribution in [0.5, 0.6) is 0 Å². The monoisotopic (exact) mass is 256 g/mol. The number of aliphatic hydroxyl groups excluding tert-OH is 1. The fourth-order valence-electron chi connectivity index (χ4n) is 1.41. The van der Waals surface area contributed by atoms with E-state index in [2.05, 4.69) is 17.2 Å². The number of thiazole rings is 1. The van der Waals surface area contributed by atoms with Crippen LogP contribution in [0, 0.1) is 5.92 Å². The SMILES string of the molecule is CCCCC(C)C(=O)Nc1nc(C(C)O)cs1. The molecule has 1 aromatic rings. The molecule has 0 aliphatic heterocycles. The van der Waals surface area contributed by atoms with Crippen molar-refractivity contribution in [3.8, 4) is 0 Å². The van der Waals surface area contributed by atoms with E-state index in [1.165, 1.54) is 11.3 Å². The van der Waals surface area contributed by atoms with Gasteiger partial charge in [-0.3, -0.25) is 4.79 Å². The number of hydrogen-bond donors (Lipinski definition) is 2. The summed E-state index contributed by atoms with van der Waals surface area (Å²) in [6.07, 6.45) is 2.47. The molecule has 2 atom stereocenters. The summed E-state index contributed by atoms with van der Waals surface area (Å²) in [7, 11) is 0. The zero-order chi connectivity index (χ0) is 12.8. The van der Waals surface area contributed by atoms with E-state index in [4.69, 9.17) is 0 Å². The maximum absolute atomic E-state index is 11.8. The van der Waals surface area contributed by atoms with Crippen molar-refractivity contribution in [1.82, 2.24) is 4.98 Å². The number of carbonyl (C=O) groups excluding carboxylic acids is 1. The Labute approximate surface area is 106 Å². The van der Waals surface area contributed by atoms with Crippen molar-refractivity contribution in [2.24, 2.45) is 5.92 Å². The van der Waals surface area contributed by atoms with E-state index in [0.717, 1.165) is 19.3 Å². The number of aliphatic hydroxyl groups is 1. The van der Waals surface area contributed by atoms with Crippen LogP contribution < -0.4 is 5.32 Å². The molecule has 0 radical (unpaired) electrons. The number of carbonyl (C=O) groups is 1. The van der Waals surface area contributed by atoms with Crippen LogP contribution in [-0.4, -0.2) is 16.0 Å². The van der Waals surface area contributed by atoms with Gasteiger partial charge in [-0.15, -0.1) is 11.3 Å². The van der Waals surface area contributed by atoms with E-state index < -0.39 is 6.10 Å². The molecule has 0 aliphatic carbocycles. The van der Waals surface area contributed by atoms with Crippen LogP contribution >= 0.6 is 11.3 Å². The third kappa shape index (κ3) is 4.44. The highest BCUT2D eigenvalue weighted by Crippen LogP contribution is 2.21. The molecule has 0 fully saturated rings. The number of nitrogens with zero attached hydrogens (tertiary/aromatic N) is 1. The van der Waals surface area contributed by atoms with Crippen molar-refractivity contribution < 1.29 is 9.90 Å². The minimum atomic E-state index is -0.589. The Morgan fingerprint density at radius 1 is 1.59 bits per heavy atom. The fraction of sp³-hybridized carbons (Fsp3) is 0.667. The van der Waals surface area contributed by atoms with Crippen molar-refractivity contribution in [2.75, 3.05) is 5.32 Å². The molecular weight excluding hydrogens is 236 g/mol. The molecule has 0 aromatic carbocycles. The standard InChI is InChI=1S/C12H20N2O2S/c1-4-5-6-8(2)11(16)14-12-13-10(7-17-12)9(3)15/h7-9,15H,4-6H2,1-3H3,(H,13,14,16). The van der Waals surface area contributed by atoms with Gasteiger partial charge in [-0.25, -0.2) is 4.98 Å². The number of aromatic nitrogens is 1. The summed E-state index contributed by atoms with van der Waals surface area (Å²) >= 11 is 1.34. The van der Waals surface area contributed by atoms with Crippen molar-refractivity contribution in [3.63, 3.8) is 0 Å². The van der Waals surface area contributed by atoms with E-state index in [1.54, 1.807) is 12.3 Å². The third-order valence-corrected chi connectivity index (χ3v) is 3.39. The lowest BCUT2D eigenvalue weighted by atomic mass is 10.0. The molecule has 2 unspecified atom stereocenters. The van der Waals surface area contributed by atoms with Crippen LogP contribution in [0.2, 0.25) is 0 Å². The van der Waals surface area contributed by atoms with Gasteiger partial charge >= 0.3 is 0 Å². The highest BCUT2D eigenvalue weighted by atomic mass is 32.1. The highest BCUT2D eigenvalue weighted by Gasteiger charge is 2.14. The number of nitrogens with one attached hydrogen (secondary N) is 1. The Morgan fingerprint density at radius 2 is 2.29 bits per heavy atom. The van der Waals surface area contributed by atoms with Gasteiger partial charge in [0.25, 0.3) is 0 Å². The number of hydrogen-bond acceptors (Lipinski definition) is 4. The van der Waals surface area contributed by atoms with Crippen LogP contribution in [0.15, 0.2) is 5.38 Å². The van der Waals surface area contributed by atoms with E-state index in [0.29, 0.717) is 10.8 Å². The van der Waals surface area contributed by atoms with Gasteiger partial charge in [-0.1, -0.05) is 26.7 Å². The van der Waals surface area contributed by atoms with Gasteiger partial charge in [0.2, 0.25) is 5.91 Å². The molecule has 0 bridgehead atoms. The largest absolute Gasteiger partial charge is 0.387 e. The second kappa shape index (κ2) is 6.71. The van der Waals surface area contributed by atoms with Crippen LogP contribution in [-0.2, 0) is 4.79 Å². The third-order valence-electron chi connectivity index (χ3n) is 2.62. The van der Waals surface area contributed by atoms with Crippen LogP contribution in [0.4, 0.5) is 5.13 Å². The molecular formula is C12H20N2O2S. The lowest BCUT2D eigenvalue weighted by Gasteiger charge is -2.09. The Bertz CT molecular complexity index is 363. The maximum Gasteiger partial charge on any atom is 0.228 e.